The predicted molar refractivity (Wildman–Crippen MR) is 128 cm³/mol. The number of benzene rings is 1. The molecule has 2 unspecified atom stereocenters. The zero-order valence-corrected chi connectivity index (χ0v) is 19.0. The lowest BCUT2D eigenvalue weighted by Gasteiger charge is -2.30. The zero-order chi connectivity index (χ0) is 25.5. The summed E-state index contributed by atoms with van der Waals surface area (Å²) in [5.74, 6) is -0.160. The smallest absolute Gasteiger partial charge is 0.326 e. The second-order valence-corrected chi connectivity index (χ2v) is 8.41. The lowest BCUT2D eigenvalue weighted by Crippen LogP contribution is -2.41. The number of nitrogens with zero attached hydrogens (tertiary/aromatic N) is 2. The Morgan fingerprint density at radius 3 is 2.63 bits per heavy atom. The molecule has 0 fully saturated rings. The fraction of sp³-hybridized carbons (Fsp3) is 0.375. The lowest BCUT2D eigenvalue weighted by molar-refractivity contribution is -0.140. The van der Waals surface area contributed by atoms with Crippen molar-refractivity contribution in [2.75, 3.05) is 23.7 Å². The van der Waals surface area contributed by atoms with E-state index in [9.17, 15) is 24.3 Å². The van der Waals surface area contributed by atoms with Crippen molar-refractivity contribution in [1.29, 1.82) is 0 Å². The summed E-state index contributed by atoms with van der Waals surface area (Å²) in [6.07, 6.45) is 6.98. The number of nitrogens with one attached hydrogen (secondary N) is 2. The quantitative estimate of drug-likeness (QED) is 0.305. The number of aromatic nitrogens is 2. The Morgan fingerprint density at radius 2 is 2.00 bits per heavy atom. The number of nitrogens with two attached hydrogens (primary N) is 1. The summed E-state index contributed by atoms with van der Waals surface area (Å²) in [6, 6.07) is 5.23. The number of carboxylic acids is 2. The van der Waals surface area contributed by atoms with Gasteiger partial charge in [0.1, 0.15) is 6.04 Å². The highest BCUT2D eigenvalue weighted by Gasteiger charge is 2.25. The summed E-state index contributed by atoms with van der Waals surface area (Å²) in [4.78, 5) is 55.6. The van der Waals surface area contributed by atoms with Crippen LogP contribution in [0.4, 0.5) is 11.6 Å². The van der Waals surface area contributed by atoms with Crippen LogP contribution in [0.1, 0.15) is 40.9 Å². The standard InChI is InChI=1S/C24H27N5O6/c1-2-11-29(13-14-3-8-18-17(12-14)22(33)28-24(25)27-18)16-6-4-15(5-7-16)21(32)26-19(23(34)35)9-10-20(30)31/h1,4-7,14,19H,3,8-13H2,(H,26,32)(H,30,31)(H,34,35)(H3,25,27,28,33). The molecule has 1 aliphatic carbocycles. The van der Waals surface area contributed by atoms with E-state index in [1.54, 1.807) is 24.3 Å². The Kier molecular flexibility index (Phi) is 8.09. The average Bonchev–Trinajstić information content (AvgIpc) is 2.81. The van der Waals surface area contributed by atoms with E-state index in [1.165, 1.54) is 0 Å². The van der Waals surface area contributed by atoms with Crippen molar-refractivity contribution in [2.24, 2.45) is 5.92 Å². The molecule has 1 aromatic carbocycles. The number of H-pyrrole nitrogens is 1. The van der Waals surface area contributed by atoms with Crippen molar-refractivity contribution in [1.82, 2.24) is 15.3 Å². The first-order chi connectivity index (χ1) is 16.7. The molecule has 0 saturated carbocycles. The van der Waals surface area contributed by atoms with Gasteiger partial charge >= 0.3 is 11.9 Å². The number of terminal acetylenes is 1. The van der Waals surface area contributed by atoms with Gasteiger partial charge in [0.2, 0.25) is 5.95 Å². The fourth-order valence-electron chi connectivity index (χ4n) is 4.14. The molecule has 11 nitrogen and oxygen atoms in total. The van der Waals surface area contributed by atoms with Gasteiger partial charge in [0, 0.05) is 29.8 Å². The third-order valence-corrected chi connectivity index (χ3v) is 5.91. The molecule has 2 atom stereocenters. The number of carboxylic acid groups (broad SMARTS) is 2. The molecular weight excluding hydrogens is 454 g/mol. The van der Waals surface area contributed by atoms with Crippen LogP contribution in [0, 0.1) is 18.3 Å². The van der Waals surface area contributed by atoms with Crippen LogP contribution >= 0.6 is 0 Å². The van der Waals surface area contributed by atoms with Gasteiger partial charge in [0.15, 0.2) is 0 Å². The van der Waals surface area contributed by atoms with E-state index in [0.717, 1.165) is 17.8 Å². The number of carbonyl (C=O) groups is 3. The van der Waals surface area contributed by atoms with Crippen molar-refractivity contribution in [3.8, 4) is 12.3 Å². The summed E-state index contributed by atoms with van der Waals surface area (Å²) in [6.45, 7) is 0.913. The third kappa shape index (κ3) is 6.60. The molecule has 1 aliphatic rings. The van der Waals surface area contributed by atoms with E-state index in [-0.39, 0.29) is 35.8 Å². The predicted octanol–water partition coefficient (Wildman–Crippen LogP) is 0.645. The van der Waals surface area contributed by atoms with Gasteiger partial charge in [-0.15, -0.1) is 6.42 Å². The average molecular weight is 482 g/mol. The number of aliphatic carboxylic acids is 2. The van der Waals surface area contributed by atoms with Gasteiger partial charge in [-0.3, -0.25) is 19.4 Å². The summed E-state index contributed by atoms with van der Waals surface area (Å²) >= 11 is 0. The number of anilines is 2. The van der Waals surface area contributed by atoms with Crippen molar-refractivity contribution in [3.05, 3.63) is 51.4 Å². The Morgan fingerprint density at radius 1 is 1.29 bits per heavy atom. The molecule has 3 rings (SSSR count). The van der Waals surface area contributed by atoms with E-state index in [4.69, 9.17) is 17.3 Å². The second-order valence-electron chi connectivity index (χ2n) is 8.41. The minimum Gasteiger partial charge on any atom is -0.481 e. The SMILES string of the molecule is C#CCN(CC1CCc2nc(N)[nH]c(=O)c2C1)c1ccc(C(=O)NC(CCC(=O)O)C(=O)O)cc1. The topological polar surface area (TPSA) is 179 Å². The summed E-state index contributed by atoms with van der Waals surface area (Å²) in [5, 5.41) is 20.4. The molecule has 35 heavy (non-hydrogen) atoms. The summed E-state index contributed by atoms with van der Waals surface area (Å²) < 4.78 is 0. The number of fused-ring (bicyclic) bond motifs is 1. The second kappa shape index (κ2) is 11.2. The molecule has 0 saturated heterocycles. The third-order valence-electron chi connectivity index (χ3n) is 5.91. The van der Waals surface area contributed by atoms with Crippen LogP contribution in [0.2, 0.25) is 0 Å². The minimum absolute atomic E-state index is 0.113. The van der Waals surface area contributed by atoms with Gasteiger partial charge in [-0.05, 0) is 55.9 Å². The fourth-order valence-corrected chi connectivity index (χ4v) is 4.14. The van der Waals surface area contributed by atoms with Crippen molar-refractivity contribution < 1.29 is 24.6 Å². The Bertz CT molecular complexity index is 1200. The van der Waals surface area contributed by atoms with E-state index >= 15 is 0 Å². The van der Waals surface area contributed by atoms with Crippen LogP contribution < -0.4 is 21.5 Å². The number of aromatic amines is 1. The molecule has 6 N–H and O–H groups in total. The van der Waals surface area contributed by atoms with Gasteiger partial charge in [-0.25, -0.2) is 9.78 Å². The molecular formula is C24H27N5O6. The number of hydrogen-bond acceptors (Lipinski definition) is 7. The zero-order valence-electron chi connectivity index (χ0n) is 19.0. The van der Waals surface area contributed by atoms with Gasteiger partial charge in [-0.2, -0.15) is 0 Å². The van der Waals surface area contributed by atoms with Crippen LogP contribution in [0.5, 0.6) is 0 Å². The normalized spacial score (nSPS) is 15.3. The molecule has 1 heterocycles. The lowest BCUT2D eigenvalue weighted by atomic mass is 9.86. The van der Waals surface area contributed by atoms with E-state index in [1.807, 2.05) is 4.90 Å². The van der Waals surface area contributed by atoms with Crippen LogP contribution in [0.15, 0.2) is 29.1 Å². The van der Waals surface area contributed by atoms with E-state index in [2.05, 4.69) is 21.2 Å². The molecule has 11 heteroatoms. The number of nitrogen functional groups attached to an aromatic ring is 1. The van der Waals surface area contributed by atoms with E-state index < -0.39 is 23.9 Å². The molecule has 0 spiro atoms. The van der Waals surface area contributed by atoms with Crippen molar-refractivity contribution in [3.63, 3.8) is 0 Å². The Labute approximate surface area is 201 Å². The maximum atomic E-state index is 12.5. The highest BCUT2D eigenvalue weighted by atomic mass is 16.4. The summed E-state index contributed by atoms with van der Waals surface area (Å²) in [7, 11) is 0. The first-order valence-electron chi connectivity index (χ1n) is 11.1. The first kappa shape index (κ1) is 25.3. The Balaban J connectivity index is 1.68. The van der Waals surface area contributed by atoms with Gasteiger partial charge in [0.25, 0.3) is 11.5 Å². The molecule has 1 amide bonds. The number of hydrogen-bond donors (Lipinski definition) is 5. The maximum Gasteiger partial charge on any atom is 0.326 e. The van der Waals surface area contributed by atoms with Crippen LogP contribution in [-0.2, 0) is 22.4 Å². The van der Waals surface area contributed by atoms with Crippen LogP contribution in [-0.4, -0.2) is 57.2 Å². The maximum absolute atomic E-state index is 12.5. The van der Waals surface area contributed by atoms with Gasteiger partial charge in [0.05, 0.1) is 12.2 Å². The van der Waals surface area contributed by atoms with Gasteiger partial charge in [-0.1, -0.05) is 5.92 Å². The molecule has 184 valence electrons. The molecule has 2 aromatic rings. The van der Waals surface area contributed by atoms with Gasteiger partial charge < -0.3 is 26.2 Å². The number of rotatable bonds is 10. The number of amides is 1. The monoisotopic (exact) mass is 481 g/mol. The first-order valence-corrected chi connectivity index (χ1v) is 11.1. The molecule has 0 bridgehead atoms. The van der Waals surface area contributed by atoms with Crippen LogP contribution in [0.3, 0.4) is 0 Å². The highest BCUT2D eigenvalue weighted by Crippen LogP contribution is 2.25. The number of aryl methyl sites for hydroxylation is 1. The highest BCUT2D eigenvalue weighted by molar-refractivity contribution is 5.97. The summed E-state index contributed by atoms with van der Waals surface area (Å²) in [5.41, 5.74) is 7.79. The molecule has 0 aliphatic heterocycles. The van der Waals surface area contributed by atoms with Crippen molar-refractivity contribution >= 4 is 29.5 Å². The van der Waals surface area contributed by atoms with E-state index in [0.29, 0.717) is 31.5 Å². The minimum atomic E-state index is -1.31. The Hall–Kier alpha value is -4.33. The largest absolute Gasteiger partial charge is 0.481 e. The molecule has 0 radical (unpaired) electrons. The molecule has 1 aromatic heterocycles. The number of carbonyl (C=O) groups excluding carboxylic acids is 1. The van der Waals surface area contributed by atoms with Crippen LogP contribution in [0.25, 0.3) is 0 Å². The van der Waals surface area contributed by atoms with Crippen molar-refractivity contribution in [2.45, 2.75) is 38.1 Å².